The van der Waals surface area contributed by atoms with Crippen LogP contribution in [0.4, 0.5) is 8.78 Å². The second-order valence-corrected chi connectivity index (χ2v) is 20.9. The van der Waals surface area contributed by atoms with Crippen LogP contribution in [0.25, 0.3) is 37.4 Å². The number of aliphatic carboxylic acids is 1. The molecule has 74 heavy (non-hydrogen) atoms. The number of carbonyl (C=O) groups is 1. The molecule has 2 fully saturated rings. The average Bonchev–Trinajstić information content (AvgIpc) is 3.79. The van der Waals surface area contributed by atoms with Gasteiger partial charge in [-0.1, -0.05) is 41.4 Å². The van der Waals surface area contributed by atoms with Gasteiger partial charge < -0.3 is 43.2 Å². The molecule has 0 amide bonds. The van der Waals surface area contributed by atoms with Gasteiger partial charge in [0.15, 0.2) is 11.6 Å². The number of carboxylic acids is 1. The summed E-state index contributed by atoms with van der Waals surface area (Å²) in [5.41, 5.74) is 3.51. The maximum atomic E-state index is 15.8. The molecule has 0 spiro atoms. The lowest BCUT2D eigenvalue weighted by Gasteiger charge is -2.35. The van der Waals surface area contributed by atoms with Gasteiger partial charge in [0.05, 0.1) is 54.2 Å². The molecule has 4 aliphatic heterocycles. The fraction of sp³-hybridized carbons (Fsp3) is 0.426. The summed E-state index contributed by atoms with van der Waals surface area (Å²) in [7, 11) is 2.09. The number of carboxylic acid groups (broad SMARTS) is 1. The number of piperazine rings is 1. The van der Waals surface area contributed by atoms with Crippen LogP contribution >= 0.6 is 34.5 Å². The molecule has 7 heterocycles. The Balaban J connectivity index is 0.982. The quantitative estimate of drug-likeness (QED) is 0.123. The third-order valence-electron chi connectivity index (χ3n) is 13.8. The molecule has 4 bridgehead atoms. The van der Waals surface area contributed by atoms with E-state index in [1.54, 1.807) is 42.6 Å². The zero-order valence-corrected chi connectivity index (χ0v) is 43.5. The molecule has 11 rings (SSSR count). The van der Waals surface area contributed by atoms with Crippen molar-refractivity contribution < 1.29 is 51.8 Å². The highest BCUT2D eigenvalue weighted by Gasteiger charge is 2.35. The van der Waals surface area contributed by atoms with Gasteiger partial charge in [0, 0.05) is 67.8 Å². The number of ether oxygens (including phenoxy) is 7. The maximum absolute atomic E-state index is 15.8. The summed E-state index contributed by atoms with van der Waals surface area (Å²) in [4.78, 5) is 37.7. The number of rotatable bonds is 12. The number of thiophene rings is 1. The van der Waals surface area contributed by atoms with Crippen molar-refractivity contribution in [2.24, 2.45) is 0 Å². The Labute approximate surface area is 441 Å². The Morgan fingerprint density at radius 2 is 1.76 bits per heavy atom. The zero-order valence-electron chi connectivity index (χ0n) is 41.2. The standard InChI is InChI=1S/C54H56Cl2F2N6O9S/c1-31-43-32(2)47(56)48(46(31)55)72-39(24-64-18-16-63(3)17-19-64)28-70-38-8-9-41(71-25-37-12-15-59-50(62-37)34-10-13-54(58,14-11-34)29-68-27-40-26-67-20-21-69-40)35(22-38)23-42(53(65)66)73-51-45-44(43)49(74-52(45)61-30-60-51)33-4-6-36(57)7-5-33/h4-10,12,15,22,30,39-40,42H,11,13-14,16-21,23-29H2,1-3H3,(H,65,66)/t39?,40-,42-,54+/m1/s1. The van der Waals surface area contributed by atoms with E-state index < -0.39 is 29.7 Å². The van der Waals surface area contributed by atoms with Crippen molar-refractivity contribution in [3.63, 3.8) is 0 Å². The van der Waals surface area contributed by atoms with E-state index in [4.69, 9.17) is 61.3 Å². The third kappa shape index (κ3) is 11.6. The number of aromatic nitrogens is 4. The number of likely N-dealkylation sites (N-methyl/N-ethyl adjacent to an activating group) is 1. The second-order valence-electron chi connectivity index (χ2n) is 19.2. The molecule has 390 valence electrons. The molecule has 1 aliphatic carbocycles. The predicted octanol–water partition coefficient (Wildman–Crippen LogP) is 9.63. The van der Waals surface area contributed by atoms with E-state index in [-0.39, 0.29) is 67.7 Å². The van der Waals surface area contributed by atoms with Crippen LogP contribution in [0.15, 0.2) is 67.1 Å². The molecule has 0 radical (unpaired) electrons. The predicted molar refractivity (Wildman–Crippen MR) is 277 cm³/mol. The lowest BCUT2D eigenvalue weighted by Crippen LogP contribution is -2.49. The van der Waals surface area contributed by atoms with Crippen LogP contribution in [0, 0.1) is 19.7 Å². The Hall–Kier alpha value is -5.57. The van der Waals surface area contributed by atoms with Crippen molar-refractivity contribution >= 4 is 56.3 Å². The van der Waals surface area contributed by atoms with E-state index in [1.165, 1.54) is 29.8 Å². The van der Waals surface area contributed by atoms with E-state index in [2.05, 4.69) is 31.8 Å². The molecular formula is C54H56Cl2F2N6O9S. The van der Waals surface area contributed by atoms with Crippen molar-refractivity contribution in [3.05, 3.63) is 111 Å². The molecule has 2 saturated heterocycles. The number of hydrogen-bond acceptors (Lipinski definition) is 15. The Kier molecular flexibility index (Phi) is 15.9. The van der Waals surface area contributed by atoms with Gasteiger partial charge in [-0.05, 0) is 98.0 Å². The van der Waals surface area contributed by atoms with Gasteiger partial charge in [0.1, 0.15) is 59.6 Å². The number of hydrogen-bond donors (Lipinski definition) is 1. The molecule has 4 atom stereocenters. The van der Waals surface area contributed by atoms with Crippen LogP contribution in [0.1, 0.15) is 47.5 Å². The molecule has 3 aromatic heterocycles. The minimum atomic E-state index is -1.53. The van der Waals surface area contributed by atoms with Crippen LogP contribution in [0.3, 0.4) is 0 Å². The van der Waals surface area contributed by atoms with E-state index in [0.29, 0.717) is 110 Å². The number of benzene rings is 3. The third-order valence-corrected chi connectivity index (χ3v) is 15.9. The minimum Gasteiger partial charge on any atom is -0.490 e. The Bertz CT molecular complexity index is 3020. The van der Waals surface area contributed by atoms with E-state index >= 15 is 4.39 Å². The molecular weight excluding hydrogens is 1020 g/mol. The monoisotopic (exact) mass is 1070 g/mol. The van der Waals surface area contributed by atoms with Crippen LogP contribution in [-0.4, -0.2) is 144 Å². The Morgan fingerprint density at radius 3 is 2.49 bits per heavy atom. The maximum Gasteiger partial charge on any atom is 0.345 e. The first-order valence-corrected chi connectivity index (χ1v) is 26.2. The van der Waals surface area contributed by atoms with Crippen LogP contribution < -0.4 is 18.9 Å². The highest BCUT2D eigenvalue weighted by atomic mass is 35.5. The smallest absolute Gasteiger partial charge is 0.345 e. The molecule has 6 aromatic rings. The van der Waals surface area contributed by atoms with Gasteiger partial charge >= 0.3 is 5.97 Å². The molecule has 20 heteroatoms. The first-order chi connectivity index (χ1) is 35.8. The lowest BCUT2D eigenvalue weighted by molar-refractivity contribution is -0.145. The summed E-state index contributed by atoms with van der Waals surface area (Å²) in [5.74, 6) is -0.0951. The summed E-state index contributed by atoms with van der Waals surface area (Å²) in [6.07, 6.45) is 3.16. The SMILES string of the molecule is Cc1c(Cl)c2c(Cl)c(C)c1-c1c(-c3ccc(F)cc3)sc3ncnc(c13)O[C@@H](C(=O)O)Cc1cc(ccc1OCc1ccnc(C3=CC[C@@](F)(COC[C@H]4COCCO4)CC3)n1)OCC(CN1CCN(C)CC1)O2. The zero-order chi connectivity index (χ0) is 51.5. The number of fused-ring (bicyclic) bond motifs is 7. The van der Waals surface area contributed by atoms with Gasteiger partial charge in [-0.25, -0.2) is 33.5 Å². The summed E-state index contributed by atoms with van der Waals surface area (Å²) in [5, 5.41) is 11.9. The van der Waals surface area contributed by atoms with Crippen LogP contribution in [0.5, 0.6) is 23.1 Å². The molecule has 1 unspecified atom stereocenters. The highest BCUT2D eigenvalue weighted by molar-refractivity contribution is 7.22. The van der Waals surface area contributed by atoms with Crippen LogP contribution in [0.2, 0.25) is 10.0 Å². The Morgan fingerprint density at radius 1 is 0.959 bits per heavy atom. The van der Waals surface area contributed by atoms with E-state index in [9.17, 15) is 14.3 Å². The molecule has 5 aliphatic rings. The summed E-state index contributed by atoms with van der Waals surface area (Å²) in [6.45, 7) is 9.42. The van der Waals surface area contributed by atoms with Gasteiger partial charge in [-0.15, -0.1) is 11.3 Å². The number of nitrogens with zero attached hydrogens (tertiary/aromatic N) is 6. The normalized spacial score (nSPS) is 21.8. The summed E-state index contributed by atoms with van der Waals surface area (Å²) in [6, 6.07) is 13.0. The topological polar surface area (TPSA) is 160 Å². The minimum absolute atomic E-state index is 0.00220. The molecule has 3 aromatic carbocycles. The number of halogens is 4. The molecule has 15 nitrogen and oxygen atoms in total. The average molecular weight is 1070 g/mol. The van der Waals surface area contributed by atoms with Crippen LogP contribution in [-0.2, 0) is 32.0 Å². The lowest BCUT2D eigenvalue weighted by atomic mass is 9.87. The van der Waals surface area contributed by atoms with Gasteiger partial charge in [0.2, 0.25) is 12.0 Å². The highest BCUT2D eigenvalue weighted by Crippen LogP contribution is 2.53. The second kappa shape index (κ2) is 22.7. The van der Waals surface area contributed by atoms with Crippen molar-refractivity contribution in [2.75, 3.05) is 79.4 Å². The fourth-order valence-electron chi connectivity index (χ4n) is 9.71. The van der Waals surface area contributed by atoms with Crippen molar-refractivity contribution in [1.29, 1.82) is 0 Å². The van der Waals surface area contributed by atoms with Gasteiger partial charge in [0.25, 0.3) is 0 Å². The first kappa shape index (κ1) is 51.9. The van der Waals surface area contributed by atoms with Gasteiger partial charge in [-0.2, -0.15) is 0 Å². The summed E-state index contributed by atoms with van der Waals surface area (Å²) >= 11 is 16.0. The number of allylic oxidation sites excluding steroid dienone is 2. The van der Waals surface area contributed by atoms with Crippen molar-refractivity contribution in [1.82, 2.24) is 29.7 Å². The summed E-state index contributed by atoms with van der Waals surface area (Å²) < 4.78 is 73.4. The van der Waals surface area contributed by atoms with Crippen molar-refractivity contribution in [3.8, 4) is 44.7 Å². The van der Waals surface area contributed by atoms with E-state index in [1.807, 2.05) is 19.9 Å². The molecule has 0 saturated carbocycles. The van der Waals surface area contributed by atoms with Gasteiger partial charge in [-0.3, -0.25) is 4.90 Å². The van der Waals surface area contributed by atoms with E-state index in [0.717, 1.165) is 31.8 Å². The first-order valence-electron chi connectivity index (χ1n) is 24.6. The molecule has 1 N–H and O–H groups in total. The van der Waals surface area contributed by atoms with Crippen molar-refractivity contribution in [2.45, 2.75) is 70.1 Å². The fourth-order valence-corrected chi connectivity index (χ4v) is 11.4. The largest absolute Gasteiger partial charge is 0.490 e. The number of alkyl halides is 1.